The predicted octanol–water partition coefficient (Wildman–Crippen LogP) is 0.326. The minimum atomic E-state index is -1.69. The van der Waals surface area contributed by atoms with Gasteiger partial charge in [0.05, 0.1) is 6.21 Å². The molecule has 0 bridgehead atoms. The number of hydrogen-bond donors (Lipinski definition) is 2. The van der Waals surface area contributed by atoms with Crippen LogP contribution in [-0.4, -0.2) is 28.8 Å². The molecule has 102 valence electrons. The van der Waals surface area contributed by atoms with Gasteiger partial charge < -0.3 is 5.73 Å². The van der Waals surface area contributed by atoms with Crippen molar-refractivity contribution in [3.8, 4) is 0 Å². The number of rotatable bonds is 2. The van der Waals surface area contributed by atoms with Crippen LogP contribution in [0.4, 0.5) is 0 Å². The Balaban J connectivity index is 2.10. The molecule has 0 fully saturated rings. The quantitative estimate of drug-likeness (QED) is 0.594. The van der Waals surface area contributed by atoms with Crippen LogP contribution in [0.15, 0.2) is 39.8 Å². The van der Waals surface area contributed by atoms with Crippen molar-refractivity contribution >= 4 is 18.1 Å². The van der Waals surface area contributed by atoms with E-state index < -0.39 is 16.8 Å². The molecule has 0 radical (unpaired) electrons. The van der Waals surface area contributed by atoms with Gasteiger partial charge in [-0.05, 0) is 17.2 Å². The van der Waals surface area contributed by atoms with E-state index in [1.54, 1.807) is 6.08 Å². The smallest absolute Gasteiger partial charge is 0.334 e. The summed E-state index contributed by atoms with van der Waals surface area (Å²) in [7, 11) is 0. The molecule has 0 saturated heterocycles. The fraction of sp³-hybridized carbons (Fsp3) is 0.231. The van der Waals surface area contributed by atoms with Crippen molar-refractivity contribution in [3.05, 3.63) is 51.1 Å². The monoisotopic (exact) mass is 271 g/mol. The first-order chi connectivity index (χ1) is 9.54. The third kappa shape index (κ3) is 1.64. The van der Waals surface area contributed by atoms with Crippen molar-refractivity contribution in [2.24, 2.45) is 21.5 Å². The van der Waals surface area contributed by atoms with Crippen LogP contribution < -0.4 is 11.5 Å². The van der Waals surface area contributed by atoms with Gasteiger partial charge in [-0.1, -0.05) is 24.3 Å². The molecule has 1 aliphatic carbocycles. The van der Waals surface area contributed by atoms with Gasteiger partial charge in [-0.3, -0.25) is 15.8 Å². The van der Waals surface area contributed by atoms with E-state index in [4.69, 9.17) is 11.5 Å². The standard InChI is InChI=1S/C13H13N5O2/c14-11-13(18(19)20,7-16-12(15)17-11)10-5-8-3-1-2-4-9(8)6-10/h1-5,7,12H,6,15H2,(H2,14,17). The highest BCUT2D eigenvalue weighted by atomic mass is 16.6. The van der Waals surface area contributed by atoms with E-state index in [1.165, 1.54) is 6.21 Å². The molecule has 0 amide bonds. The Morgan fingerprint density at radius 3 is 2.80 bits per heavy atom. The normalized spacial score (nSPS) is 27.8. The number of nitro groups is 1. The molecule has 2 atom stereocenters. The number of nitrogens with zero attached hydrogens (tertiary/aromatic N) is 3. The Morgan fingerprint density at radius 1 is 1.40 bits per heavy atom. The molecule has 4 N–H and O–H groups in total. The second-order valence-corrected chi connectivity index (χ2v) is 4.77. The van der Waals surface area contributed by atoms with Gasteiger partial charge in [0.25, 0.3) is 0 Å². The minimum Gasteiger partial charge on any atom is -0.381 e. The first-order valence-electron chi connectivity index (χ1n) is 6.11. The van der Waals surface area contributed by atoms with Crippen LogP contribution in [-0.2, 0) is 6.42 Å². The Hall–Kier alpha value is -2.54. The van der Waals surface area contributed by atoms with Crippen molar-refractivity contribution in [3.63, 3.8) is 0 Å². The zero-order chi connectivity index (χ0) is 14.3. The van der Waals surface area contributed by atoms with Gasteiger partial charge >= 0.3 is 5.54 Å². The van der Waals surface area contributed by atoms with Crippen molar-refractivity contribution in [1.29, 1.82) is 0 Å². The van der Waals surface area contributed by atoms with Crippen LogP contribution >= 0.6 is 0 Å². The molecule has 0 aromatic heterocycles. The molecular formula is C13H13N5O2. The number of benzene rings is 1. The topological polar surface area (TPSA) is 120 Å². The average molecular weight is 271 g/mol. The molecule has 1 aliphatic heterocycles. The van der Waals surface area contributed by atoms with Gasteiger partial charge in [0, 0.05) is 16.9 Å². The molecule has 0 saturated carbocycles. The zero-order valence-electron chi connectivity index (χ0n) is 10.6. The Labute approximate surface area is 114 Å². The maximum absolute atomic E-state index is 11.6. The predicted molar refractivity (Wildman–Crippen MR) is 75.9 cm³/mol. The summed E-state index contributed by atoms with van der Waals surface area (Å²) in [6.07, 6.45) is 2.57. The SMILES string of the molecule is NC1=NC(N)N=CC1(C1=Cc2ccccc2C1)[N+](=O)[O-]. The van der Waals surface area contributed by atoms with Gasteiger partial charge in [0.15, 0.2) is 12.1 Å². The van der Waals surface area contributed by atoms with Gasteiger partial charge in [-0.25, -0.2) is 9.98 Å². The van der Waals surface area contributed by atoms with E-state index in [9.17, 15) is 10.1 Å². The fourth-order valence-corrected chi connectivity index (χ4v) is 2.55. The number of nitrogens with two attached hydrogens (primary N) is 2. The van der Waals surface area contributed by atoms with E-state index in [-0.39, 0.29) is 5.84 Å². The van der Waals surface area contributed by atoms with Crippen molar-refractivity contribution in [2.75, 3.05) is 0 Å². The molecule has 0 spiro atoms. The summed E-state index contributed by atoms with van der Waals surface area (Å²) in [4.78, 5) is 18.9. The fourth-order valence-electron chi connectivity index (χ4n) is 2.55. The lowest BCUT2D eigenvalue weighted by Gasteiger charge is -2.25. The van der Waals surface area contributed by atoms with Crippen LogP contribution in [0.5, 0.6) is 0 Å². The van der Waals surface area contributed by atoms with Gasteiger partial charge in [0.2, 0.25) is 0 Å². The van der Waals surface area contributed by atoms with Crippen molar-refractivity contribution < 1.29 is 4.92 Å². The van der Waals surface area contributed by atoms with Crippen LogP contribution in [0, 0.1) is 10.1 Å². The number of fused-ring (bicyclic) bond motifs is 1. The summed E-state index contributed by atoms with van der Waals surface area (Å²) >= 11 is 0. The minimum absolute atomic E-state index is 0.121. The molecule has 7 heteroatoms. The average Bonchev–Trinajstić information content (AvgIpc) is 2.82. The Morgan fingerprint density at radius 2 is 2.15 bits per heavy atom. The Bertz CT molecular complexity index is 679. The van der Waals surface area contributed by atoms with Gasteiger partial charge in [0.1, 0.15) is 0 Å². The highest BCUT2D eigenvalue weighted by Gasteiger charge is 2.52. The second-order valence-electron chi connectivity index (χ2n) is 4.77. The van der Waals surface area contributed by atoms with Gasteiger partial charge in [-0.2, -0.15) is 0 Å². The second kappa shape index (κ2) is 4.24. The third-order valence-corrected chi connectivity index (χ3v) is 3.62. The lowest BCUT2D eigenvalue weighted by atomic mass is 9.88. The van der Waals surface area contributed by atoms with Crippen LogP contribution in [0.2, 0.25) is 0 Å². The van der Waals surface area contributed by atoms with E-state index in [1.807, 2.05) is 24.3 Å². The van der Waals surface area contributed by atoms with E-state index in [2.05, 4.69) is 9.98 Å². The van der Waals surface area contributed by atoms with Crippen LogP contribution in [0.3, 0.4) is 0 Å². The maximum atomic E-state index is 11.6. The summed E-state index contributed by atoms with van der Waals surface area (Å²) in [5, 5.41) is 11.6. The highest BCUT2D eigenvalue weighted by Crippen LogP contribution is 2.34. The lowest BCUT2D eigenvalue weighted by molar-refractivity contribution is -0.514. The summed E-state index contributed by atoms with van der Waals surface area (Å²) in [5.74, 6) is -0.121. The number of hydrogen-bond acceptors (Lipinski definition) is 6. The molecule has 7 nitrogen and oxygen atoms in total. The molecule has 3 rings (SSSR count). The molecule has 2 unspecified atom stereocenters. The number of aliphatic imine (C=N–C) groups is 2. The molecule has 1 aromatic carbocycles. The zero-order valence-corrected chi connectivity index (χ0v) is 10.6. The maximum Gasteiger partial charge on any atom is 0.334 e. The first kappa shape index (κ1) is 12.5. The lowest BCUT2D eigenvalue weighted by Crippen LogP contribution is -2.56. The summed E-state index contributed by atoms with van der Waals surface area (Å²) in [5.41, 5.74) is 12.2. The van der Waals surface area contributed by atoms with Crippen molar-refractivity contribution in [2.45, 2.75) is 18.2 Å². The van der Waals surface area contributed by atoms with Crippen molar-refractivity contribution in [1.82, 2.24) is 0 Å². The van der Waals surface area contributed by atoms with E-state index in [0.29, 0.717) is 12.0 Å². The molecular weight excluding hydrogens is 258 g/mol. The number of amidine groups is 1. The largest absolute Gasteiger partial charge is 0.381 e. The Kier molecular flexibility index (Phi) is 2.65. The first-order valence-corrected chi connectivity index (χ1v) is 6.11. The van der Waals surface area contributed by atoms with Crippen LogP contribution in [0.25, 0.3) is 6.08 Å². The summed E-state index contributed by atoms with van der Waals surface area (Å²) < 4.78 is 0. The summed E-state index contributed by atoms with van der Waals surface area (Å²) in [6, 6.07) is 7.64. The molecule has 20 heavy (non-hydrogen) atoms. The summed E-state index contributed by atoms with van der Waals surface area (Å²) in [6.45, 7) is 0. The highest BCUT2D eigenvalue weighted by molar-refractivity contribution is 6.10. The molecule has 1 heterocycles. The van der Waals surface area contributed by atoms with E-state index >= 15 is 0 Å². The van der Waals surface area contributed by atoms with Gasteiger partial charge in [-0.15, -0.1) is 0 Å². The van der Waals surface area contributed by atoms with E-state index in [0.717, 1.165) is 11.1 Å². The van der Waals surface area contributed by atoms with Crippen LogP contribution in [0.1, 0.15) is 11.1 Å². The molecule has 1 aromatic rings. The third-order valence-electron chi connectivity index (χ3n) is 3.62. The molecule has 2 aliphatic rings.